The van der Waals surface area contributed by atoms with Gasteiger partial charge in [0.2, 0.25) is 0 Å². The molecule has 1 aromatic carbocycles. The molecule has 0 unspecified atom stereocenters. The van der Waals surface area contributed by atoms with Crippen LogP contribution in [-0.2, 0) is 10.0 Å². The normalized spacial score (nSPS) is 11.8. The van der Waals surface area contributed by atoms with Crippen LogP contribution in [0.1, 0.15) is 11.1 Å². The third kappa shape index (κ3) is 3.01. The topological polar surface area (TPSA) is 59.4 Å². The number of sulfonamides is 1. The molecule has 0 aliphatic heterocycles. The highest BCUT2D eigenvalue weighted by atomic mass is 32.2. The maximum absolute atomic E-state index is 11.8. The maximum atomic E-state index is 11.8. The molecule has 0 aliphatic carbocycles. The molecule has 0 amide bonds. The molecule has 1 heterocycles. The lowest BCUT2D eigenvalue weighted by Crippen LogP contribution is -2.00. The van der Waals surface area contributed by atoms with Crippen molar-refractivity contribution in [2.24, 2.45) is 4.40 Å². The zero-order valence-electron chi connectivity index (χ0n) is 9.82. The molecule has 0 atom stereocenters. The third-order valence-electron chi connectivity index (χ3n) is 2.32. The van der Waals surface area contributed by atoms with E-state index in [1.165, 1.54) is 18.5 Å². The van der Waals surface area contributed by atoms with Crippen molar-refractivity contribution in [3.63, 3.8) is 0 Å². The van der Waals surface area contributed by atoms with Gasteiger partial charge < -0.3 is 0 Å². The average molecular weight is 260 g/mol. The molecular weight excluding hydrogens is 248 g/mol. The van der Waals surface area contributed by atoms with Crippen LogP contribution in [-0.4, -0.2) is 19.6 Å². The van der Waals surface area contributed by atoms with Crippen LogP contribution in [0, 0.1) is 6.92 Å². The lowest BCUT2D eigenvalue weighted by atomic mass is 10.2. The van der Waals surface area contributed by atoms with Crippen LogP contribution in [0.3, 0.4) is 0 Å². The summed E-state index contributed by atoms with van der Waals surface area (Å²) >= 11 is 0. The van der Waals surface area contributed by atoms with Crippen LogP contribution in [0.4, 0.5) is 0 Å². The van der Waals surface area contributed by atoms with E-state index in [2.05, 4.69) is 9.38 Å². The monoisotopic (exact) mass is 260 g/mol. The second-order valence-electron chi connectivity index (χ2n) is 3.79. The van der Waals surface area contributed by atoms with E-state index in [1.807, 2.05) is 31.2 Å². The van der Waals surface area contributed by atoms with Crippen LogP contribution < -0.4 is 0 Å². The molecule has 0 N–H and O–H groups in total. The molecule has 2 rings (SSSR count). The van der Waals surface area contributed by atoms with E-state index < -0.39 is 10.0 Å². The smallest absolute Gasteiger partial charge is 0.243 e. The minimum absolute atomic E-state index is 0.0478. The van der Waals surface area contributed by atoms with Gasteiger partial charge in [-0.05, 0) is 24.6 Å². The predicted molar refractivity (Wildman–Crippen MR) is 70.2 cm³/mol. The molecule has 2 aromatic rings. The van der Waals surface area contributed by atoms with Gasteiger partial charge in [0.25, 0.3) is 10.0 Å². The van der Waals surface area contributed by atoms with Crippen LogP contribution in [0.5, 0.6) is 0 Å². The molecule has 1 aromatic heterocycles. The Kier molecular flexibility index (Phi) is 3.53. The molecular formula is C13H12N2O2S. The van der Waals surface area contributed by atoms with Crippen molar-refractivity contribution in [2.45, 2.75) is 11.9 Å². The molecule has 0 radical (unpaired) electrons. The Labute approximate surface area is 106 Å². The number of hydrogen-bond acceptors (Lipinski definition) is 3. The maximum Gasteiger partial charge on any atom is 0.299 e. The zero-order chi connectivity index (χ0) is 13.0. The van der Waals surface area contributed by atoms with E-state index in [4.69, 9.17) is 0 Å². The summed E-state index contributed by atoms with van der Waals surface area (Å²) in [7, 11) is -3.71. The van der Waals surface area contributed by atoms with Crippen molar-refractivity contribution >= 4 is 16.2 Å². The minimum Gasteiger partial charge on any atom is -0.243 e. The van der Waals surface area contributed by atoms with Gasteiger partial charge in [0, 0.05) is 12.4 Å². The summed E-state index contributed by atoms with van der Waals surface area (Å²) in [6, 6.07) is 12.1. The highest BCUT2D eigenvalue weighted by Crippen LogP contribution is 2.08. The van der Waals surface area contributed by atoms with Crippen molar-refractivity contribution in [1.82, 2.24) is 4.98 Å². The lowest BCUT2D eigenvalue weighted by Gasteiger charge is -1.97. The van der Waals surface area contributed by atoms with E-state index in [0.29, 0.717) is 0 Å². The molecule has 0 bridgehead atoms. The van der Waals surface area contributed by atoms with Gasteiger partial charge in [0.1, 0.15) is 0 Å². The second-order valence-corrected chi connectivity index (χ2v) is 5.37. The Balaban J connectivity index is 2.26. The lowest BCUT2D eigenvalue weighted by molar-refractivity contribution is 0.594. The number of benzene rings is 1. The number of pyridine rings is 1. The number of hydrogen-bond donors (Lipinski definition) is 0. The quantitative estimate of drug-likeness (QED) is 0.795. The first-order chi connectivity index (χ1) is 8.58. The molecule has 0 saturated carbocycles. The van der Waals surface area contributed by atoms with Crippen molar-refractivity contribution in [3.05, 3.63) is 59.8 Å². The molecule has 0 aliphatic rings. The van der Waals surface area contributed by atoms with E-state index in [-0.39, 0.29) is 5.03 Å². The Morgan fingerprint density at radius 2 is 1.83 bits per heavy atom. The summed E-state index contributed by atoms with van der Waals surface area (Å²) in [5.41, 5.74) is 1.85. The summed E-state index contributed by atoms with van der Waals surface area (Å²) in [5.74, 6) is 0. The fourth-order valence-electron chi connectivity index (χ4n) is 1.34. The highest BCUT2D eigenvalue weighted by molar-refractivity contribution is 7.90. The molecule has 0 saturated heterocycles. The first kappa shape index (κ1) is 12.4. The third-order valence-corrected chi connectivity index (χ3v) is 3.47. The summed E-state index contributed by atoms with van der Waals surface area (Å²) < 4.78 is 27.2. The van der Waals surface area contributed by atoms with Gasteiger partial charge >= 0.3 is 0 Å². The molecule has 0 fully saturated rings. The zero-order valence-corrected chi connectivity index (χ0v) is 10.6. The van der Waals surface area contributed by atoms with Gasteiger partial charge in [0.15, 0.2) is 5.03 Å². The van der Waals surface area contributed by atoms with Crippen molar-refractivity contribution in [2.75, 3.05) is 0 Å². The molecule has 4 nitrogen and oxygen atoms in total. The largest absolute Gasteiger partial charge is 0.299 e. The van der Waals surface area contributed by atoms with Crippen LogP contribution in [0.25, 0.3) is 0 Å². The molecule has 92 valence electrons. The van der Waals surface area contributed by atoms with Gasteiger partial charge in [-0.25, -0.2) is 4.98 Å². The Bertz CT molecular complexity index is 647. The van der Waals surface area contributed by atoms with Gasteiger partial charge in [-0.3, -0.25) is 0 Å². The summed E-state index contributed by atoms with van der Waals surface area (Å²) in [4.78, 5) is 3.78. The first-order valence-corrected chi connectivity index (χ1v) is 6.80. The fraction of sp³-hybridized carbons (Fsp3) is 0.0769. The second kappa shape index (κ2) is 5.10. The van der Waals surface area contributed by atoms with Gasteiger partial charge in [0.05, 0.1) is 0 Å². The number of nitrogens with zero attached hydrogens (tertiary/aromatic N) is 2. The number of aryl methyl sites for hydroxylation is 1. The Hall–Kier alpha value is -2.01. The predicted octanol–water partition coefficient (Wildman–Crippen LogP) is 2.20. The Morgan fingerprint density at radius 1 is 1.11 bits per heavy atom. The highest BCUT2D eigenvalue weighted by Gasteiger charge is 2.11. The molecule has 5 heteroatoms. The number of aromatic nitrogens is 1. The van der Waals surface area contributed by atoms with Gasteiger partial charge in [-0.1, -0.05) is 35.9 Å². The fourth-order valence-corrected chi connectivity index (χ4v) is 2.15. The Morgan fingerprint density at radius 3 is 2.44 bits per heavy atom. The first-order valence-electron chi connectivity index (χ1n) is 5.36. The molecule has 18 heavy (non-hydrogen) atoms. The summed E-state index contributed by atoms with van der Waals surface area (Å²) in [6.07, 6.45) is 2.75. The van der Waals surface area contributed by atoms with Crippen LogP contribution in [0.2, 0.25) is 0 Å². The van der Waals surface area contributed by atoms with E-state index in [0.717, 1.165) is 11.1 Å². The summed E-state index contributed by atoms with van der Waals surface area (Å²) in [5, 5.41) is -0.0478. The minimum atomic E-state index is -3.71. The van der Waals surface area contributed by atoms with Crippen molar-refractivity contribution < 1.29 is 8.42 Å². The SMILES string of the molecule is Cc1ccc(C=NS(=O)(=O)c2ccccn2)cc1. The standard InChI is InChI=1S/C13H12N2O2S/c1-11-5-7-12(8-6-11)10-15-18(16,17)13-4-2-3-9-14-13/h2-10H,1H3. The average Bonchev–Trinajstić information content (AvgIpc) is 2.39. The van der Waals surface area contributed by atoms with Gasteiger partial charge in [-0.15, -0.1) is 0 Å². The van der Waals surface area contributed by atoms with Crippen LogP contribution >= 0.6 is 0 Å². The van der Waals surface area contributed by atoms with E-state index >= 15 is 0 Å². The van der Waals surface area contributed by atoms with E-state index in [1.54, 1.807) is 12.1 Å². The van der Waals surface area contributed by atoms with Crippen LogP contribution in [0.15, 0.2) is 58.1 Å². The summed E-state index contributed by atoms with van der Waals surface area (Å²) in [6.45, 7) is 1.96. The van der Waals surface area contributed by atoms with Crippen molar-refractivity contribution in [3.8, 4) is 0 Å². The van der Waals surface area contributed by atoms with Gasteiger partial charge in [-0.2, -0.15) is 12.8 Å². The van der Waals surface area contributed by atoms with E-state index in [9.17, 15) is 8.42 Å². The number of rotatable bonds is 3. The van der Waals surface area contributed by atoms with Crippen molar-refractivity contribution in [1.29, 1.82) is 0 Å². The molecule has 0 spiro atoms.